The highest BCUT2D eigenvalue weighted by molar-refractivity contribution is 5.72. The number of rotatable bonds is 1. The average molecular weight is 381 g/mol. The number of aromatic nitrogens is 1. The van der Waals surface area contributed by atoms with Gasteiger partial charge < -0.3 is 9.64 Å². The van der Waals surface area contributed by atoms with E-state index in [-0.39, 0.29) is 16.9 Å². The van der Waals surface area contributed by atoms with Crippen molar-refractivity contribution < 1.29 is 9.53 Å². The van der Waals surface area contributed by atoms with E-state index < -0.39 is 0 Å². The largest absolute Gasteiger partial charge is 0.453 e. The van der Waals surface area contributed by atoms with Crippen molar-refractivity contribution in [2.45, 2.75) is 58.4 Å². The zero-order chi connectivity index (χ0) is 19.5. The standard InChI is InChI=1S/C24H32N2O2/c1-23-11-10-20-17(19(23)8-7-18(23)16-5-4-13-25-15-16)6-9-21-24(20,2)12-14-26(21)22(27)28-3/h4-5,7,13,15,17,19-21H,6,8-12,14H2,1-3H3/t17-,19-,20?,21?,23+,24+/m0/s1. The van der Waals surface area contributed by atoms with Gasteiger partial charge in [0.25, 0.3) is 0 Å². The van der Waals surface area contributed by atoms with E-state index in [9.17, 15) is 4.79 Å². The van der Waals surface area contributed by atoms with Crippen LogP contribution in [0.3, 0.4) is 0 Å². The maximum atomic E-state index is 12.3. The number of ether oxygens (including phenoxy) is 1. The quantitative estimate of drug-likeness (QED) is 0.676. The van der Waals surface area contributed by atoms with Gasteiger partial charge in [-0.3, -0.25) is 4.98 Å². The predicted molar refractivity (Wildman–Crippen MR) is 109 cm³/mol. The van der Waals surface area contributed by atoms with Crippen LogP contribution in [0, 0.1) is 28.6 Å². The fourth-order valence-corrected chi connectivity index (χ4v) is 7.69. The van der Waals surface area contributed by atoms with Crippen molar-refractivity contribution in [3.63, 3.8) is 0 Å². The molecule has 1 saturated heterocycles. The lowest BCUT2D eigenvalue weighted by molar-refractivity contribution is -0.0608. The van der Waals surface area contributed by atoms with E-state index in [0.29, 0.717) is 6.04 Å². The molecule has 5 rings (SSSR count). The van der Waals surface area contributed by atoms with Crippen molar-refractivity contribution in [2.75, 3.05) is 13.7 Å². The Hall–Kier alpha value is -1.84. The summed E-state index contributed by atoms with van der Waals surface area (Å²) in [6.45, 7) is 5.83. The minimum absolute atomic E-state index is 0.130. The molecule has 2 unspecified atom stereocenters. The molecule has 1 aliphatic heterocycles. The topological polar surface area (TPSA) is 42.4 Å². The molecule has 1 aromatic heterocycles. The van der Waals surface area contributed by atoms with Gasteiger partial charge in [-0.15, -0.1) is 0 Å². The van der Waals surface area contributed by atoms with E-state index in [4.69, 9.17) is 4.74 Å². The molecular formula is C24H32N2O2. The molecule has 3 fully saturated rings. The van der Waals surface area contributed by atoms with Gasteiger partial charge in [-0.25, -0.2) is 4.79 Å². The van der Waals surface area contributed by atoms with Crippen LogP contribution >= 0.6 is 0 Å². The molecule has 4 nitrogen and oxygen atoms in total. The smallest absolute Gasteiger partial charge is 0.409 e. The monoisotopic (exact) mass is 380 g/mol. The number of allylic oxidation sites excluding steroid dienone is 2. The van der Waals surface area contributed by atoms with Crippen LogP contribution in [0.5, 0.6) is 0 Å². The Bertz CT molecular complexity index is 806. The van der Waals surface area contributed by atoms with Crippen LogP contribution in [-0.4, -0.2) is 35.7 Å². The number of methoxy groups -OCH3 is 1. The first-order valence-corrected chi connectivity index (χ1v) is 10.9. The van der Waals surface area contributed by atoms with Gasteiger partial charge in [0, 0.05) is 25.0 Å². The number of carbonyl (C=O) groups excluding carboxylic acids is 1. The van der Waals surface area contributed by atoms with Gasteiger partial charge in [0.05, 0.1) is 7.11 Å². The summed E-state index contributed by atoms with van der Waals surface area (Å²) < 4.78 is 5.09. The lowest BCUT2D eigenvalue weighted by Crippen LogP contribution is -2.54. The Morgan fingerprint density at radius 1 is 1.21 bits per heavy atom. The van der Waals surface area contributed by atoms with E-state index in [1.165, 1.54) is 43.9 Å². The second-order valence-corrected chi connectivity index (χ2v) is 9.94. The van der Waals surface area contributed by atoms with Crippen LogP contribution in [-0.2, 0) is 4.74 Å². The van der Waals surface area contributed by atoms with Gasteiger partial charge in [0.15, 0.2) is 0 Å². The molecular weight excluding hydrogens is 348 g/mol. The van der Waals surface area contributed by atoms with Gasteiger partial charge in [0.1, 0.15) is 0 Å². The summed E-state index contributed by atoms with van der Waals surface area (Å²) in [5, 5.41) is 0. The number of hydrogen-bond donors (Lipinski definition) is 0. The number of pyridine rings is 1. The zero-order valence-electron chi connectivity index (χ0n) is 17.4. The molecule has 2 saturated carbocycles. The third kappa shape index (κ3) is 2.36. The van der Waals surface area contributed by atoms with Crippen molar-refractivity contribution >= 4 is 11.7 Å². The highest BCUT2D eigenvalue weighted by atomic mass is 16.5. The van der Waals surface area contributed by atoms with Crippen molar-refractivity contribution in [1.82, 2.24) is 9.88 Å². The van der Waals surface area contributed by atoms with Gasteiger partial charge in [0.2, 0.25) is 0 Å². The minimum Gasteiger partial charge on any atom is -0.453 e. The van der Waals surface area contributed by atoms with Crippen molar-refractivity contribution in [3.05, 3.63) is 36.2 Å². The van der Waals surface area contributed by atoms with E-state index >= 15 is 0 Å². The molecule has 4 heteroatoms. The number of nitrogens with zero attached hydrogens (tertiary/aromatic N) is 2. The first-order chi connectivity index (χ1) is 13.5. The van der Waals surface area contributed by atoms with Gasteiger partial charge in [-0.05, 0) is 84.3 Å². The van der Waals surface area contributed by atoms with Gasteiger partial charge in [-0.1, -0.05) is 26.0 Å². The minimum atomic E-state index is -0.130. The number of carbonyl (C=O) groups is 1. The Balaban J connectivity index is 1.42. The van der Waals surface area contributed by atoms with Crippen LogP contribution in [0.25, 0.3) is 5.57 Å². The van der Waals surface area contributed by atoms with E-state index in [1.807, 2.05) is 17.3 Å². The Morgan fingerprint density at radius 2 is 2.07 bits per heavy atom. The molecule has 6 atom stereocenters. The van der Waals surface area contributed by atoms with Gasteiger partial charge in [-0.2, -0.15) is 0 Å². The van der Waals surface area contributed by atoms with E-state index in [1.54, 1.807) is 0 Å². The number of hydrogen-bond acceptors (Lipinski definition) is 3. The maximum Gasteiger partial charge on any atom is 0.409 e. The molecule has 0 N–H and O–H groups in total. The molecule has 4 aliphatic rings. The number of amides is 1. The Kier molecular flexibility index (Phi) is 4.12. The van der Waals surface area contributed by atoms with Crippen LogP contribution in [0.15, 0.2) is 30.6 Å². The average Bonchev–Trinajstić information content (AvgIpc) is 3.25. The highest BCUT2D eigenvalue weighted by Crippen LogP contribution is 2.66. The summed E-state index contributed by atoms with van der Waals surface area (Å²) in [4.78, 5) is 18.7. The summed E-state index contributed by atoms with van der Waals surface area (Å²) in [5.41, 5.74) is 3.35. The fraction of sp³-hybridized carbons (Fsp3) is 0.667. The maximum absolute atomic E-state index is 12.3. The normalized spacial score (nSPS) is 41.7. The highest BCUT2D eigenvalue weighted by Gasteiger charge is 2.61. The molecule has 1 amide bonds. The predicted octanol–water partition coefficient (Wildman–Crippen LogP) is 5.16. The second-order valence-electron chi connectivity index (χ2n) is 9.94. The summed E-state index contributed by atoms with van der Waals surface area (Å²) in [6.07, 6.45) is 13.5. The Morgan fingerprint density at radius 3 is 2.82 bits per heavy atom. The fourth-order valence-electron chi connectivity index (χ4n) is 7.69. The summed E-state index contributed by atoms with van der Waals surface area (Å²) in [6, 6.07) is 4.64. The van der Waals surface area contributed by atoms with Crippen molar-refractivity contribution in [1.29, 1.82) is 0 Å². The summed E-state index contributed by atoms with van der Waals surface area (Å²) in [7, 11) is 1.51. The molecule has 0 bridgehead atoms. The zero-order valence-corrected chi connectivity index (χ0v) is 17.4. The van der Waals surface area contributed by atoms with E-state index in [0.717, 1.165) is 37.1 Å². The molecule has 150 valence electrons. The van der Waals surface area contributed by atoms with Crippen molar-refractivity contribution in [3.8, 4) is 0 Å². The van der Waals surface area contributed by atoms with Crippen LogP contribution in [0.1, 0.15) is 57.9 Å². The first kappa shape index (κ1) is 18.2. The SMILES string of the molecule is COC(=O)N1CC[C@]2(C)C3CC[C@]4(C)C(c5cccnc5)=CC[C@H]4[C@@H]3CCC12. The molecule has 0 radical (unpaired) electrons. The Labute approximate surface area is 168 Å². The van der Waals surface area contributed by atoms with Crippen LogP contribution < -0.4 is 0 Å². The molecule has 1 aromatic rings. The number of likely N-dealkylation sites (tertiary alicyclic amines) is 1. The first-order valence-electron chi connectivity index (χ1n) is 10.9. The van der Waals surface area contributed by atoms with Crippen LogP contribution in [0.2, 0.25) is 0 Å². The lowest BCUT2D eigenvalue weighted by Gasteiger charge is -2.57. The summed E-state index contributed by atoms with van der Waals surface area (Å²) >= 11 is 0. The van der Waals surface area contributed by atoms with E-state index in [2.05, 4.69) is 37.0 Å². The second kappa shape index (κ2) is 6.33. The number of fused-ring (bicyclic) bond motifs is 5. The lowest BCUT2D eigenvalue weighted by atomic mass is 9.48. The van der Waals surface area contributed by atoms with Gasteiger partial charge >= 0.3 is 6.09 Å². The molecule has 3 aliphatic carbocycles. The van der Waals surface area contributed by atoms with Crippen LogP contribution in [0.4, 0.5) is 4.79 Å². The molecule has 28 heavy (non-hydrogen) atoms. The summed E-state index contributed by atoms with van der Waals surface area (Å²) in [5.74, 6) is 2.22. The third-order valence-corrected chi connectivity index (χ3v) is 9.05. The van der Waals surface area contributed by atoms with Crippen molar-refractivity contribution in [2.24, 2.45) is 28.6 Å². The molecule has 2 heterocycles. The molecule has 0 aromatic carbocycles. The third-order valence-electron chi connectivity index (χ3n) is 9.05. The molecule has 0 spiro atoms.